The molecular formula is C20H17FN2O5S3. The van der Waals surface area contributed by atoms with Gasteiger partial charge in [0, 0.05) is 12.2 Å². The van der Waals surface area contributed by atoms with Gasteiger partial charge in [-0.25, -0.2) is 25.9 Å². The zero-order chi connectivity index (χ0) is 22.2. The number of carbonyl (C=O) groups is 1. The Hall–Kier alpha value is -2.60. The first-order valence-electron chi connectivity index (χ1n) is 9.12. The van der Waals surface area contributed by atoms with Gasteiger partial charge >= 0.3 is 0 Å². The van der Waals surface area contributed by atoms with Crippen LogP contribution in [-0.4, -0.2) is 29.3 Å². The molecule has 1 aliphatic heterocycles. The van der Waals surface area contributed by atoms with E-state index in [4.69, 9.17) is 0 Å². The lowest BCUT2D eigenvalue weighted by Gasteiger charge is -2.18. The van der Waals surface area contributed by atoms with Gasteiger partial charge in [0.25, 0.3) is 0 Å². The van der Waals surface area contributed by atoms with Gasteiger partial charge in [0.05, 0.1) is 11.3 Å². The predicted octanol–water partition coefficient (Wildman–Crippen LogP) is 2.88. The maximum absolute atomic E-state index is 13.4. The van der Waals surface area contributed by atoms with Crippen LogP contribution in [0.3, 0.4) is 0 Å². The third kappa shape index (κ3) is 4.40. The fraction of sp³-hybridized carbons (Fsp3) is 0.150. The van der Waals surface area contributed by atoms with Crippen molar-refractivity contribution in [3.8, 4) is 0 Å². The molecule has 11 heteroatoms. The Morgan fingerprint density at radius 3 is 2.48 bits per heavy atom. The fourth-order valence-electron chi connectivity index (χ4n) is 3.29. The van der Waals surface area contributed by atoms with Crippen LogP contribution in [0.5, 0.6) is 0 Å². The third-order valence-corrected chi connectivity index (χ3v) is 9.82. The number of sulfone groups is 1. The molecule has 0 unspecified atom stereocenters. The molecule has 0 aliphatic carbocycles. The molecule has 0 radical (unpaired) electrons. The van der Waals surface area contributed by atoms with Crippen molar-refractivity contribution in [1.82, 2.24) is 4.72 Å². The van der Waals surface area contributed by atoms with E-state index in [1.54, 1.807) is 11.4 Å². The van der Waals surface area contributed by atoms with Gasteiger partial charge in [0.1, 0.15) is 15.3 Å². The van der Waals surface area contributed by atoms with Crippen molar-refractivity contribution in [2.24, 2.45) is 0 Å². The van der Waals surface area contributed by atoms with Crippen molar-refractivity contribution in [2.75, 3.05) is 11.9 Å². The molecule has 0 spiro atoms. The van der Waals surface area contributed by atoms with Crippen LogP contribution in [0.15, 0.2) is 69.1 Å². The molecule has 1 aromatic heterocycles. The van der Waals surface area contributed by atoms with Crippen LogP contribution < -0.4 is 10.0 Å². The van der Waals surface area contributed by atoms with Crippen LogP contribution in [0, 0.1) is 5.82 Å². The van der Waals surface area contributed by atoms with Crippen molar-refractivity contribution < 1.29 is 26.0 Å². The van der Waals surface area contributed by atoms with Gasteiger partial charge in [-0.05, 0) is 52.9 Å². The van der Waals surface area contributed by atoms with Crippen molar-refractivity contribution in [3.63, 3.8) is 0 Å². The number of carbonyl (C=O) groups excluding carboxylic acids is 1. The van der Waals surface area contributed by atoms with E-state index < -0.39 is 37.5 Å². The molecule has 0 fully saturated rings. The maximum atomic E-state index is 13.4. The van der Waals surface area contributed by atoms with E-state index in [1.165, 1.54) is 36.4 Å². The molecule has 2 N–H and O–H groups in total. The highest BCUT2D eigenvalue weighted by atomic mass is 32.2. The van der Waals surface area contributed by atoms with Gasteiger partial charge in [0.2, 0.25) is 15.9 Å². The van der Waals surface area contributed by atoms with E-state index >= 15 is 0 Å². The molecule has 7 nitrogen and oxygen atoms in total. The molecule has 162 valence electrons. The SMILES string of the molecule is O=C1Cc2cc(S(=O)(=O)NC[C@H](c3ccc(F)cc3)S(=O)(=O)c3cccs3)ccc2N1. The standard InChI is InChI=1S/C20H17FN2O5S3/c21-15-5-3-13(4-6-15)18(30(25,26)20-2-1-9-29-20)12-22-31(27,28)16-7-8-17-14(10-16)11-19(24)23-17/h1-10,18,22H,11-12H2,(H,23,24)/t18-/m1/s1. The van der Waals surface area contributed by atoms with Crippen molar-refractivity contribution >= 4 is 42.8 Å². The Morgan fingerprint density at radius 2 is 1.81 bits per heavy atom. The lowest BCUT2D eigenvalue weighted by Crippen LogP contribution is -2.32. The minimum atomic E-state index is -4.06. The Labute approximate surface area is 182 Å². The molecule has 0 saturated carbocycles. The fourth-order valence-corrected chi connectivity index (χ4v) is 7.36. The number of anilines is 1. The quantitative estimate of drug-likeness (QED) is 0.541. The molecule has 4 rings (SSSR count). The molecule has 3 aromatic rings. The van der Waals surface area contributed by atoms with Crippen molar-refractivity contribution in [1.29, 1.82) is 0 Å². The highest BCUT2D eigenvalue weighted by Crippen LogP contribution is 2.32. The number of hydrogen-bond acceptors (Lipinski definition) is 6. The molecule has 1 atom stereocenters. The van der Waals surface area contributed by atoms with Gasteiger partial charge in [0.15, 0.2) is 9.84 Å². The van der Waals surface area contributed by atoms with Crippen molar-refractivity contribution in [3.05, 3.63) is 76.9 Å². The summed E-state index contributed by atoms with van der Waals surface area (Å²) >= 11 is 1.02. The van der Waals surface area contributed by atoms with Crippen LogP contribution in [0.25, 0.3) is 0 Å². The summed E-state index contributed by atoms with van der Waals surface area (Å²) in [6.45, 7) is -0.442. The lowest BCUT2D eigenvalue weighted by atomic mass is 10.1. The molecule has 31 heavy (non-hydrogen) atoms. The summed E-state index contributed by atoms with van der Waals surface area (Å²) in [6.07, 6.45) is 0.0731. The molecular weight excluding hydrogens is 463 g/mol. The summed E-state index contributed by atoms with van der Waals surface area (Å²) in [5.41, 5.74) is 1.36. The van der Waals surface area contributed by atoms with Gasteiger partial charge in [-0.1, -0.05) is 18.2 Å². The number of amides is 1. The number of rotatable bonds is 7. The number of sulfonamides is 1. The first-order valence-corrected chi connectivity index (χ1v) is 13.0. The van der Waals surface area contributed by atoms with E-state index in [-0.39, 0.29) is 27.0 Å². The van der Waals surface area contributed by atoms with E-state index in [0.717, 1.165) is 23.5 Å². The molecule has 2 aromatic carbocycles. The van der Waals surface area contributed by atoms with Crippen LogP contribution in [-0.2, 0) is 31.1 Å². The number of thiophene rings is 1. The van der Waals surface area contributed by atoms with Gasteiger partial charge in [-0.3, -0.25) is 4.79 Å². The Balaban J connectivity index is 1.64. The van der Waals surface area contributed by atoms with Gasteiger partial charge in [-0.15, -0.1) is 11.3 Å². The highest BCUT2D eigenvalue weighted by Gasteiger charge is 2.32. The van der Waals surface area contributed by atoms with E-state index in [1.807, 2.05) is 0 Å². The monoisotopic (exact) mass is 480 g/mol. The second kappa shape index (κ2) is 8.15. The highest BCUT2D eigenvalue weighted by molar-refractivity contribution is 7.93. The first-order chi connectivity index (χ1) is 14.7. The summed E-state index contributed by atoms with van der Waals surface area (Å²) in [4.78, 5) is 11.4. The largest absolute Gasteiger partial charge is 0.326 e. The zero-order valence-electron chi connectivity index (χ0n) is 15.9. The average Bonchev–Trinajstić information content (AvgIpc) is 3.38. The first kappa shape index (κ1) is 21.6. The Morgan fingerprint density at radius 1 is 1.06 bits per heavy atom. The lowest BCUT2D eigenvalue weighted by molar-refractivity contribution is -0.115. The molecule has 1 aliphatic rings. The average molecular weight is 481 g/mol. The molecule has 0 saturated heterocycles. The van der Waals surface area contributed by atoms with E-state index in [9.17, 15) is 26.0 Å². The summed E-state index contributed by atoms with van der Waals surface area (Å²) in [6, 6.07) is 12.2. The van der Waals surface area contributed by atoms with Crippen LogP contribution in [0.2, 0.25) is 0 Å². The van der Waals surface area contributed by atoms with Crippen LogP contribution in [0.1, 0.15) is 16.4 Å². The van der Waals surface area contributed by atoms with E-state index in [2.05, 4.69) is 10.0 Å². The minimum Gasteiger partial charge on any atom is -0.326 e. The number of benzene rings is 2. The summed E-state index contributed by atoms with van der Waals surface area (Å²) < 4.78 is 67.8. The summed E-state index contributed by atoms with van der Waals surface area (Å²) in [7, 11) is -7.99. The second-order valence-corrected chi connectivity index (χ2v) is 12.0. The van der Waals surface area contributed by atoms with Crippen LogP contribution >= 0.6 is 11.3 Å². The molecule has 1 amide bonds. The second-order valence-electron chi connectivity index (χ2n) is 6.91. The number of halogens is 1. The van der Waals surface area contributed by atoms with Crippen molar-refractivity contribution in [2.45, 2.75) is 20.8 Å². The zero-order valence-corrected chi connectivity index (χ0v) is 18.4. The third-order valence-electron chi connectivity index (χ3n) is 4.86. The maximum Gasteiger partial charge on any atom is 0.240 e. The van der Waals surface area contributed by atoms with E-state index in [0.29, 0.717) is 11.3 Å². The Kier molecular flexibility index (Phi) is 5.69. The number of nitrogens with one attached hydrogen (secondary N) is 2. The number of hydrogen-bond donors (Lipinski definition) is 2. The van der Waals surface area contributed by atoms with Gasteiger partial charge < -0.3 is 5.32 Å². The molecule has 0 bridgehead atoms. The summed E-state index contributed by atoms with van der Waals surface area (Å²) in [5, 5.41) is 2.98. The topological polar surface area (TPSA) is 109 Å². The smallest absolute Gasteiger partial charge is 0.240 e. The predicted molar refractivity (Wildman–Crippen MR) is 115 cm³/mol. The van der Waals surface area contributed by atoms with Gasteiger partial charge in [-0.2, -0.15) is 0 Å². The van der Waals surface area contributed by atoms with Crippen LogP contribution in [0.4, 0.5) is 10.1 Å². The Bertz CT molecular complexity index is 1340. The molecule has 2 heterocycles. The summed E-state index contributed by atoms with van der Waals surface area (Å²) in [5.74, 6) is -0.756. The minimum absolute atomic E-state index is 0.0731. The normalized spacial score (nSPS) is 14.8. The number of fused-ring (bicyclic) bond motifs is 1.